The lowest BCUT2D eigenvalue weighted by molar-refractivity contribution is -0.384. The van der Waals surface area contributed by atoms with E-state index in [1.54, 1.807) is 19.1 Å². The standard InChI is InChI=1S/C12H16ClN3O4/c1-15(8-12(17)14-5-6-20-2)11-4-3-9(16(18)19)7-10(11)13/h3-4,7H,5-6,8H2,1-2H3,(H,14,17). The van der Waals surface area contributed by atoms with Crippen LogP contribution in [-0.4, -0.2) is 44.7 Å². The van der Waals surface area contributed by atoms with Crippen LogP contribution >= 0.6 is 11.6 Å². The molecular weight excluding hydrogens is 286 g/mol. The lowest BCUT2D eigenvalue weighted by Crippen LogP contribution is -2.36. The number of anilines is 1. The van der Waals surface area contributed by atoms with Crippen molar-refractivity contribution in [3.63, 3.8) is 0 Å². The minimum Gasteiger partial charge on any atom is -0.383 e. The molecule has 7 nitrogen and oxygen atoms in total. The molecule has 0 saturated carbocycles. The second-order valence-corrected chi connectivity index (χ2v) is 4.50. The van der Waals surface area contributed by atoms with Crippen LogP contribution in [0.1, 0.15) is 0 Å². The summed E-state index contributed by atoms with van der Waals surface area (Å²) in [5.74, 6) is -0.182. The Balaban J connectivity index is 2.65. The summed E-state index contributed by atoms with van der Waals surface area (Å²) in [6, 6.07) is 4.12. The van der Waals surface area contributed by atoms with Crippen molar-refractivity contribution >= 4 is 28.9 Å². The van der Waals surface area contributed by atoms with Gasteiger partial charge >= 0.3 is 0 Å². The summed E-state index contributed by atoms with van der Waals surface area (Å²) in [6.07, 6.45) is 0. The number of nitro benzene ring substituents is 1. The molecule has 0 aliphatic rings. The maximum absolute atomic E-state index is 11.6. The number of hydrogen-bond donors (Lipinski definition) is 1. The van der Waals surface area contributed by atoms with Crippen molar-refractivity contribution in [2.24, 2.45) is 0 Å². The van der Waals surface area contributed by atoms with Gasteiger partial charge in [0.05, 0.1) is 28.8 Å². The molecule has 1 aromatic carbocycles. The predicted molar refractivity (Wildman–Crippen MR) is 76.3 cm³/mol. The molecule has 0 fully saturated rings. The van der Waals surface area contributed by atoms with E-state index in [2.05, 4.69) is 5.32 Å². The fraction of sp³-hybridized carbons (Fsp3) is 0.417. The Morgan fingerprint density at radius 2 is 2.25 bits per heavy atom. The van der Waals surface area contributed by atoms with Gasteiger partial charge in [0.2, 0.25) is 5.91 Å². The molecule has 0 aliphatic carbocycles. The van der Waals surface area contributed by atoms with Crippen LogP contribution in [0.15, 0.2) is 18.2 Å². The molecule has 0 unspecified atom stereocenters. The summed E-state index contributed by atoms with van der Waals surface area (Å²) >= 11 is 5.98. The number of non-ortho nitro benzene ring substituents is 1. The molecule has 110 valence electrons. The molecule has 0 aromatic heterocycles. The lowest BCUT2D eigenvalue weighted by atomic mass is 10.2. The number of benzene rings is 1. The minimum atomic E-state index is -0.521. The van der Waals surface area contributed by atoms with Gasteiger partial charge in [-0.3, -0.25) is 14.9 Å². The summed E-state index contributed by atoms with van der Waals surface area (Å²) in [6.45, 7) is 0.964. The Kier molecular flexibility index (Phi) is 6.20. The number of ether oxygens (including phenoxy) is 1. The average molecular weight is 302 g/mol. The number of likely N-dealkylation sites (N-methyl/N-ethyl adjacent to an activating group) is 1. The van der Waals surface area contributed by atoms with Crippen molar-refractivity contribution in [3.05, 3.63) is 33.3 Å². The first-order valence-corrected chi connectivity index (χ1v) is 6.24. The van der Waals surface area contributed by atoms with Crippen LogP contribution in [0.3, 0.4) is 0 Å². The monoisotopic (exact) mass is 301 g/mol. The molecule has 0 atom stereocenters. The van der Waals surface area contributed by atoms with Crippen molar-refractivity contribution in [3.8, 4) is 0 Å². The summed E-state index contributed by atoms with van der Waals surface area (Å²) in [5, 5.41) is 13.5. The second kappa shape index (κ2) is 7.66. The number of amides is 1. The minimum absolute atomic E-state index is 0.0864. The number of methoxy groups -OCH3 is 1. The highest BCUT2D eigenvalue weighted by Crippen LogP contribution is 2.28. The second-order valence-electron chi connectivity index (χ2n) is 4.09. The Morgan fingerprint density at radius 3 is 2.80 bits per heavy atom. The third-order valence-electron chi connectivity index (χ3n) is 2.56. The highest BCUT2D eigenvalue weighted by atomic mass is 35.5. The number of hydrogen-bond acceptors (Lipinski definition) is 5. The van der Waals surface area contributed by atoms with Crippen LogP contribution in [0.5, 0.6) is 0 Å². The van der Waals surface area contributed by atoms with Crippen LogP contribution in [0.25, 0.3) is 0 Å². The van der Waals surface area contributed by atoms with Gasteiger partial charge in [-0.15, -0.1) is 0 Å². The Hall–Kier alpha value is -1.86. The molecule has 0 bridgehead atoms. The molecule has 0 heterocycles. The molecule has 0 radical (unpaired) electrons. The number of nitrogens with zero attached hydrogens (tertiary/aromatic N) is 2. The SMILES string of the molecule is COCCNC(=O)CN(C)c1ccc([N+](=O)[O-])cc1Cl. The summed E-state index contributed by atoms with van der Waals surface area (Å²) in [5.41, 5.74) is 0.468. The quantitative estimate of drug-likeness (QED) is 0.468. The Morgan fingerprint density at radius 1 is 1.55 bits per heavy atom. The van der Waals surface area contributed by atoms with Crippen molar-refractivity contribution in [1.82, 2.24) is 5.32 Å². The van der Waals surface area contributed by atoms with Crippen molar-refractivity contribution in [2.75, 3.05) is 38.8 Å². The number of carbonyl (C=O) groups is 1. The van der Waals surface area contributed by atoms with E-state index in [-0.39, 0.29) is 23.2 Å². The van der Waals surface area contributed by atoms with Gasteiger partial charge in [0.15, 0.2) is 0 Å². The lowest BCUT2D eigenvalue weighted by Gasteiger charge is -2.19. The van der Waals surface area contributed by atoms with E-state index in [1.165, 1.54) is 18.2 Å². The zero-order valence-electron chi connectivity index (χ0n) is 11.3. The largest absolute Gasteiger partial charge is 0.383 e. The maximum atomic E-state index is 11.6. The normalized spacial score (nSPS) is 10.2. The molecule has 0 saturated heterocycles. The highest BCUT2D eigenvalue weighted by molar-refractivity contribution is 6.33. The Labute approximate surface area is 121 Å². The number of carbonyl (C=O) groups excluding carboxylic acids is 1. The smallest absolute Gasteiger partial charge is 0.271 e. The molecule has 1 amide bonds. The van der Waals surface area contributed by atoms with Gasteiger partial charge in [-0.2, -0.15) is 0 Å². The van der Waals surface area contributed by atoms with Gasteiger partial charge in [0, 0.05) is 32.8 Å². The number of nitrogens with one attached hydrogen (secondary N) is 1. The van der Waals surface area contributed by atoms with Crippen LogP contribution in [0.4, 0.5) is 11.4 Å². The third kappa shape index (κ3) is 4.67. The zero-order valence-corrected chi connectivity index (χ0v) is 12.0. The van der Waals surface area contributed by atoms with E-state index in [1.807, 2.05) is 0 Å². The summed E-state index contributed by atoms with van der Waals surface area (Å²) in [4.78, 5) is 23.3. The molecule has 8 heteroatoms. The van der Waals surface area contributed by atoms with E-state index in [4.69, 9.17) is 16.3 Å². The zero-order chi connectivity index (χ0) is 15.1. The summed E-state index contributed by atoms with van der Waals surface area (Å²) < 4.78 is 4.82. The number of nitro groups is 1. The van der Waals surface area contributed by atoms with Gasteiger partial charge in [0.1, 0.15) is 0 Å². The van der Waals surface area contributed by atoms with E-state index in [0.29, 0.717) is 18.8 Å². The van der Waals surface area contributed by atoms with Gasteiger partial charge in [-0.25, -0.2) is 0 Å². The summed E-state index contributed by atoms with van der Waals surface area (Å²) in [7, 11) is 3.23. The van der Waals surface area contributed by atoms with Crippen LogP contribution in [-0.2, 0) is 9.53 Å². The Bertz CT molecular complexity index is 496. The van der Waals surface area contributed by atoms with E-state index in [9.17, 15) is 14.9 Å². The molecule has 20 heavy (non-hydrogen) atoms. The molecule has 1 N–H and O–H groups in total. The number of rotatable bonds is 7. The van der Waals surface area contributed by atoms with Crippen LogP contribution in [0, 0.1) is 10.1 Å². The fourth-order valence-corrected chi connectivity index (χ4v) is 1.89. The topological polar surface area (TPSA) is 84.7 Å². The highest BCUT2D eigenvalue weighted by Gasteiger charge is 2.14. The fourth-order valence-electron chi connectivity index (χ4n) is 1.57. The third-order valence-corrected chi connectivity index (χ3v) is 2.87. The van der Waals surface area contributed by atoms with Gasteiger partial charge in [-0.1, -0.05) is 11.6 Å². The van der Waals surface area contributed by atoms with E-state index in [0.717, 1.165) is 0 Å². The van der Waals surface area contributed by atoms with Crippen molar-refractivity contribution in [1.29, 1.82) is 0 Å². The first-order chi connectivity index (χ1) is 9.45. The maximum Gasteiger partial charge on any atom is 0.271 e. The van der Waals surface area contributed by atoms with Gasteiger partial charge in [0.25, 0.3) is 5.69 Å². The predicted octanol–water partition coefficient (Wildman–Crippen LogP) is 1.45. The molecule has 1 rings (SSSR count). The molecule has 0 aliphatic heterocycles. The first-order valence-electron chi connectivity index (χ1n) is 5.86. The van der Waals surface area contributed by atoms with Crippen molar-refractivity contribution in [2.45, 2.75) is 0 Å². The van der Waals surface area contributed by atoms with E-state index < -0.39 is 4.92 Å². The van der Waals surface area contributed by atoms with Gasteiger partial charge < -0.3 is 15.0 Å². The average Bonchev–Trinajstić information content (AvgIpc) is 2.38. The van der Waals surface area contributed by atoms with Crippen LogP contribution < -0.4 is 10.2 Å². The number of halogens is 1. The first kappa shape index (κ1) is 16.2. The molecule has 0 spiro atoms. The van der Waals surface area contributed by atoms with Gasteiger partial charge in [-0.05, 0) is 6.07 Å². The molecular formula is C12H16ClN3O4. The van der Waals surface area contributed by atoms with E-state index >= 15 is 0 Å². The molecule has 1 aromatic rings. The van der Waals surface area contributed by atoms with Crippen LogP contribution in [0.2, 0.25) is 5.02 Å². The van der Waals surface area contributed by atoms with Crippen molar-refractivity contribution < 1.29 is 14.5 Å².